The van der Waals surface area contributed by atoms with Crippen LogP contribution in [0.25, 0.3) is 16.8 Å². The van der Waals surface area contributed by atoms with Crippen LogP contribution in [0.5, 0.6) is 0 Å². The van der Waals surface area contributed by atoms with Gasteiger partial charge in [-0.2, -0.15) is 0 Å². The van der Waals surface area contributed by atoms with Crippen LogP contribution in [0.4, 0.5) is 5.69 Å². The maximum absolute atomic E-state index is 13.6. The zero-order chi connectivity index (χ0) is 25.3. The van der Waals surface area contributed by atoms with Gasteiger partial charge in [0, 0.05) is 18.0 Å². The first kappa shape index (κ1) is 24.4. The summed E-state index contributed by atoms with van der Waals surface area (Å²) in [5, 5.41) is 13.5. The molecule has 0 aliphatic rings. The molecule has 0 heterocycles. The smallest absolute Gasteiger partial charge is 0.267 e. The summed E-state index contributed by atoms with van der Waals surface area (Å²) in [7, 11) is 0. The van der Waals surface area contributed by atoms with E-state index in [9.17, 15) is 14.4 Å². The van der Waals surface area contributed by atoms with Crippen molar-refractivity contribution in [3.05, 3.63) is 120 Å². The average Bonchev–Trinajstić information content (AvgIpc) is 2.93. The number of carbonyl (C=O) groups is 3. The normalized spacial score (nSPS) is 11.7. The maximum Gasteiger partial charge on any atom is 0.267 e. The Labute approximate surface area is 208 Å². The van der Waals surface area contributed by atoms with Gasteiger partial charge in [0.1, 0.15) is 6.04 Å². The average molecular weight is 480 g/mol. The monoisotopic (exact) mass is 479 g/mol. The van der Waals surface area contributed by atoms with Gasteiger partial charge < -0.3 is 5.32 Å². The first-order valence-electron chi connectivity index (χ1n) is 11.4. The number of nitrogens with zero attached hydrogens (tertiary/aromatic N) is 1. The van der Waals surface area contributed by atoms with Gasteiger partial charge in [-0.3, -0.25) is 24.5 Å². The molecule has 1 unspecified atom stereocenters. The Balaban J connectivity index is 1.76. The lowest BCUT2D eigenvalue weighted by Crippen LogP contribution is -2.40. The van der Waals surface area contributed by atoms with Gasteiger partial charge in [0.15, 0.2) is 0 Å². The van der Waals surface area contributed by atoms with Gasteiger partial charge >= 0.3 is 0 Å². The summed E-state index contributed by atoms with van der Waals surface area (Å²) in [4.78, 5) is 39.0. The Hall–Kier alpha value is -4.75. The molecule has 36 heavy (non-hydrogen) atoms. The molecule has 7 heteroatoms. The lowest BCUT2D eigenvalue weighted by Gasteiger charge is -2.29. The number of hydrogen-bond donors (Lipinski definition) is 3. The Morgan fingerprint density at radius 2 is 1.61 bits per heavy atom. The number of rotatable bonds is 9. The third-order valence-corrected chi connectivity index (χ3v) is 5.76. The molecule has 4 aromatic rings. The molecule has 0 aromatic heterocycles. The van der Waals surface area contributed by atoms with Gasteiger partial charge in [0.05, 0.1) is 5.69 Å². The zero-order valence-corrected chi connectivity index (χ0v) is 19.4. The summed E-state index contributed by atoms with van der Waals surface area (Å²) in [6.45, 7) is 0.300. The molecule has 0 bridgehead atoms. The molecule has 1 atom stereocenters. The molecular formula is C29H25N3O4. The molecule has 0 aliphatic carbocycles. The number of hydrogen-bond acceptors (Lipinski definition) is 4. The van der Waals surface area contributed by atoms with Crippen molar-refractivity contribution >= 4 is 40.8 Å². The lowest BCUT2D eigenvalue weighted by atomic mass is 9.99. The maximum atomic E-state index is 13.6. The number of hydroxylamine groups is 1. The number of carbonyl (C=O) groups excluding carboxylic acids is 3. The van der Waals surface area contributed by atoms with Crippen LogP contribution in [0.2, 0.25) is 0 Å². The van der Waals surface area contributed by atoms with Crippen molar-refractivity contribution in [3.63, 3.8) is 0 Å². The minimum atomic E-state index is -0.975. The number of amides is 3. The van der Waals surface area contributed by atoms with Gasteiger partial charge in [-0.15, -0.1) is 0 Å². The van der Waals surface area contributed by atoms with Crippen LogP contribution in [-0.2, 0) is 20.9 Å². The van der Waals surface area contributed by atoms with E-state index in [0.29, 0.717) is 29.8 Å². The van der Waals surface area contributed by atoms with Gasteiger partial charge in [-0.25, -0.2) is 5.48 Å². The molecule has 0 spiro atoms. The molecule has 180 valence electrons. The summed E-state index contributed by atoms with van der Waals surface area (Å²) in [6, 6.07) is 28.8. The minimum absolute atomic E-state index is 0.300. The number of fused-ring (bicyclic) bond motifs is 1. The molecule has 4 rings (SSSR count). The van der Waals surface area contributed by atoms with E-state index in [-0.39, 0.29) is 5.91 Å². The van der Waals surface area contributed by atoms with E-state index < -0.39 is 11.9 Å². The van der Waals surface area contributed by atoms with E-state index in [0.717, 1.165) is 16.3 Å². The predicted molar refractivity (Wildman–Crippen MR) is 139 cm³/mol. The van der Waals surface area contributed by atoms with Crippen molar-refractivity contribution in [3.8, 4) is 0 Å². The Morgan fingerprint density at radius 3 is 2.39 bits per heavy atom. The topological polar surface area (TPSA) is 98.7 Å². The molecule has 0 fully saturated rings. The van der Waals surface area contributed by atoms with E-state index >= 15 is 0 Å². The highest BCUT2D eigenvalue weighted by Gasteiger charge is 2.29. The largest absolute Gasteiger partial charge is 0.350 e. The molecule has 4 aromatic carbocycles. The summed E-state index contributed by atoms with van der Waals surface area (Å²) in [5.74, 6) is -1.03. The first-order valence-corrected chi connectivity index (χ1v) is 11.4. The highest BCUT2D eigenvalue weighted by Crippen LogP contribution is 2.33. The van der Waals surface area contributed by atoms with Crippen LogP contribution < -0.4 is 15.7 Å². The van der Waals surface area contributed by atoms with E-state index in [1.165, 1.54) is 17.1 Å². The van der Waals surface area contributed by atoms with E-state index in [4.69, 9.17) is 5.21 Å². The van der Waals surface area contributed by atoms with Crippen LogP contribution >= 0.6 is 0 Å². The highest BCUT2D eigenvalue weighted by molar-refractivity contribution is 6.02. The summed E-state index contributed by atoms with van der Waals surface area (Å²) < 4.78 is 0. The molecule has 0 saturated carbocycles. The predicted octanol–water partition coefficient (Wildman–Crippen LogP) is 4.38. The van der Waals surface area contributed by atoms with Crippen LogP contribution in [0, 0.1) is 0 Å². The Kier molecular flexibility index (Phi) is 7.85. The number of benzene rings is 4. The van der Waals surface area contributed by atoms with E-state index in [2.05, 4.69) is 5.32 Å². The fourth-order valence-electron chi connectivity index (χ4n) is 4.05. The lowest BCUT2D eigenvalue weighted by molar-refractivity contribution is -0.124. The third-order valence-electron chi connectivity index (χ3n) is 5.76. The summed E-state index contributed by atoms with van der Waals surface area (Å²) >= 11 is 0. The first-order chi connectivity index (χ1) is 17.6. The number of anilines is 1. The van der Waals surface area contributed by atoms with Crippen LogP contribution in [-0.4, -0.2) is 23.4 Å². The summed E-state index contributed by atoms with van der Waals surface area (Å²) in [6.07, 6.45) is 3.35. The van der Waals surface area contributed by atoms with Crippen LogP contribution in [0.3, 0.4) is 0 Å². The third kappa shape index (κ3) is 5.65. The second-order valence-electron chi connectivity index (χ2n) is 8.10. The Bertz CT molecular complexity index is 1400. The van der Waals surface area contributed by atoms with E-state index in [1.807, 2.05) is 72.8 Å². The number of nitrogens with one attached hydrogen (secondary N) is 2. The van der Waals surface area contributed by atoms with Crippen molar-refractivity contribution in [2.24, 2.45) is 0 Å². The van der Waals surface area contributed by atoms with Crippen LogP contribution in [0.1, 0.15) is 22.7 Å². The van der Waals surface area contributed by atoms with Crippen molar-refractivity contribution in [1.82, 2.24) is 10.8 Å². The molecule has 3 N–H and O–H groups in total. The standard InChI is InChI=1S/C29H25N3O4/c33-20-32(26-15-7-12-23-11-4-5-14-25(23)26)28(29(35)30-19-22-8-2-1-3-9-22)24-13-6-10-21(18-24)16-17-27(34)31-36/h1-18,20,28,36H,19H2,(H,30,35)(H,31,34)/b17-16+. The van der Waals surface area contributed by atoms with Gasteiger partial charge in [-0.05, 0) is 40.3 Å². The van der Waals surface area contributed by atoms with Crippen molar-refractivity contribution in [1.29, 1.82) is 0 Å². The van der Waals surface area contributed by atoms with Crippen molar-refractivity contribution in [2.75, 3.05) is 4.90 Å². The Morgan fingerprint density at radius 1 is 0.889 bits per heavy atom. The minimum Gasteiger partial charge on any atom is -0.350 e. The quantitative estimate of drug-likeness (QED) is 0.144. The second kappa shape index (κ2) is 11.6. The van der Waals surface area contributed by atoms with Gasteiger partial charge in [0.2, 0.25) is 12.3 Å². The van der Waals surface area contributed by atoms with Crippen molar-refractivity contribution < 1.29 is 19.6 Å². The molecule has 0 aliphatic heterocycles. The molecule has 0 saturated heterocycles. The van der Waals surface area contributed by atoms with Crippen LogP contribution in [0.15, 0.2) is 103 Å². The van der Waals surface area contributed by atoms with Gasteiger partial charge in [0.25, 0.3) is 5.91 Å². The van der Waals surface area contributed by atoms with Crippen molar-refractivity contribution in [2.45, 2.75) is 12.6 Å². The fraction of sp³-hybridized carbons (Fsp3) is 0.0690. The molecule has 3 amide bonds. The fourth-order valence-corrected chi connectivity index (χ4v) is 4.05. The summed E-state index contributed by atoms with van der Waals surface area (Å²) in [5.41, 5.74) is 4.26. The van der Waals surface area contributed by atoms with Gasteiger partial charge in [-0.1, -0.05) is 84.9 Å². The molecular weight excluding hydrogens is 454 g/mol. The molecule has 7 nitrogen and oxygen atoms in total. The SMILES string of the molecule is O=CN(c1cccc2ccccc12)C(C(=O)NCc1ccccc1)c1cccc(/C=C/C(=O)NO)c1. The molecule has 0 radical (unpaired) electrons. The van der Waals surface area contributed by atoms with E-state index in [1.54, 1.807) is 29.7 Å². The highest BCUT2D eigenvalue weighted by atomic mass is 16.5. The zero-order valence-electron chi connectivity index (χ0n) is 19.4. The second-order valence-corrected chi connectivity index (χ2v) is 8.10.